The Balaban J connectivity index is 0.00000225. The lowest BCUT2D eigenvalue weighted by atomic mass is 10.2. The number of hydrogen-bond donors (Lipinski definition) is 1. The molecule has 2 aliphatic rings. The van der Waals surface area contributed by atoms with Crippen LogP contribution in [0, 0.1) is 10.1 Å². The number of nitro groups is 1. The van der Waals surface area contributed by atoms with E-state index in [1.165, 1.54) is 22.5 Å². The van der Waals surface area contributed by atoms with Crippen molar-refractivity contribution in [1.82, 2.24) is 14.5 Å². The summed E-state index contributed by atoms with van der Waals surface area (Å²) in [6, 6.07) is 4.06. The number of rotatable bonds is 4. The molecule has 0 spiro atoms. The van der Waals surface area contributed by atoms with Crippen molar-refractivity contribution in [3.05, 3.63) is 33.3 Å². The molecular formula is C14H20Cl2N4O4S. The monoisotopic (exact) mass is 410 g/mol. The molecule has 2 aliphatic heterocycles. The fraction of sp³-hybridized carbons (Fsp3) is 0.571. The van der Waals surface area contributed by atoms with Gasteiger partial charge in [0, 0.05) is 51.4 Å². The second-order valence-electron chi connectivity index (χ2n) is 5.94. The quantitative estimate of drug-likeness (QED) is 0.594. The van der Waals surface area contributed by atoms with Gasteiger partial charge in [0.15, 0.2) is 4.90 Å². The minimum Gasteiger partial charge on any atom is -0.314 e. The summed E-state index contributed by atoms with van der Waals surface area (Å²) in [5.74, 6) is 0. The molecule has 25 heavy (non-hydrogen) atoms. The first-order valence-electron chi connectivity index (χ1n) is 7.79. The molecule has 0 radical (unpaired) electrons. The van der Waals surface area contributed by atoms with E-state index in [2.05, 4.69) is 10.2 Å². The second kappa shape index (κ2) is 8.15. The largest absolute Gasteiger partial charge is 0.314 e. The molecule has 1 atom stereocenters. The summed E-state index contributed by atoms with van der Waals surface area (Å²) in [6.45, 7) is 4.22. The maximum Gasteiger partial charge on any atom is 0.290 e. The molecule has 0 amide bonds. The van der Waals surface area contributed by atoms with E-state index in [1.54, 1.807) is 0 Å². The number of benzene rings is 1. The van der Waals surface area contributed by atoms with Gasteiger partial charge in [0.1, 0.15) is 0 Å². The zero-order valence-electron chi connectivity index (χ0n) is 13.4. The summed E-state index contributed by atoms with van der Waals surface area (Å²) in [4.78, 5) is 12.4. The van der Waals surface area contributed by atoms with Crippen molar-refractivity contribution in [2.75, 3.05) is 39.3 Å². The summed E-state index contributed by atoms with van der Waals surface area (Å²) in [7, 11) is -4.00. The third kappa shape index (κ3) is 4.07. The van der Waals surface area contributed by atoms with Crippen LogP contribution in [-0.2, 0) is 10.0 Å². The van der Waals surface area contributed by atoms with Crippen LogP contribution in [0.2, 0.25) is 5.02 Å². The van der Waals surface area contributed by atoms with Crippen LogP contribution in [0.25, 0.3) is 0 Å². The van der Waals surface area contributed by atoms with Crippen molar-refractivity contribution in [2.45, 2.75) is 17.4 Å². The summed E-state index contributed by atoms with van der Waals surface area (Å²) in [5.41, 5.74) is -0.479. The minimum atomic E-state index is -4.00. The molecule has 1 unspecified atom stereocenters. The average molecular weight is 411 g/mol. The molecule has 1 aromatic carbocycles. The van der Waals surface area contributed by atoms with Crippen LogP contribution >= 0.6 is 24.0 Å². The number of nitrogens with one attached hydrogen (secondary N) is 1. The van der Waals surface area contributed by atoms with E-state index >= 15 is 0 Å². The van der Waals surface area contributed by atoms with Gasteiger partial charge in [-0.15, -0.1) is 12.4 Å². The molecule has 0 aromatic heterocycles. The normalized spacial score (nSPS) is 22.5. The fourth-order valence-electron chi connectivity index (χ4n) is 3.30. The van der Waals surface area contributed by atoms with Gasteiger partial charge in [0.05, 0.1) is 9.95 Å². The molecule has 2 fully saturated rings. The number of nitro benzene ring substituents is 1. The number of hydrogen-bond acceptors (Lipinski definition) is 6. The molecule has 3 rings (SSSR count). The maximum absolute atomic E-state index is 12.9. The molecule has 0 aliphatic carbocycles. The topological polar surface area (TPSA) is 95.8 Å². The van der Waals surface area contributed by atoms with E-state index in [1.807, 2.05) is 0 Å². The van der Waals surface area contributed by atoms with Gasteiger partial charge in [-0.3, -0.25) is 15.0 Å². The van der Waals surface area contributed by atoms with Gasteiger partial charge >= 0.3 is 0 Å². The van der Waals surface area contributed by atoms with Crippen molar-refractivity contribution < 1.29 is 13.3 Å². The van der Waals surface area contributed by atoms with Crippen molar-refractivity contribution in [1.29, 1.82) is 0 Å². The molecule has 2 saturated heterocycles. The van der Waals surface area contributed by atoms with Crippen molar-refractivity contribution in [3.8, 4) is 0 Å². The number of halogens is 2. The van der Waals surface area contributed by atoms with Crippen molar-refractivity contribution in [3.63, 3.8) is 0 Å². The van der Waals surface area contributed by atoms with E-state index in [0.717, 1.165) is 32.6 Å². The van der Waals surface area contributed by atoms with Crippen LogP contribution in [0.3, 0.4) is 0 Å². The lowest BCUT2D eigenvalue weighted by Crippen LogP contribution is -2.49. The Kier molecular flexibility index (Phi) is 6.63. The molecular weight excluding hydrogens is 391 g/mol. The van der Waals surface area contributed by atoms with Crippen molar-refractivity contribution in [2.24, 2.45) is 0 Å². The molecule has 11 heteroatoms. The van der Waals surface area contributed by atoms with Crippen LogP contribution in [-0.4, -0.2) is 67.9 Å². The predicted molar refractivity (Wildman–Crippen MR) is 97.0 cm³/mol. The molecule has 0 saturated carbocycles. The summed E-state index contributed by atoms with van der Waals surface area (Å²) < 4.78 is 27.1. The van der Waals surface area contributed by atoms with Gasteiger partial charge in [-0.2, -0.15) is 4.31 Å². The van der Waals surface area contributed by atoms with Crippen LogP contribution in [0.15, 0.2) is 23.1 Å². The molecule has 140 valence electrons. The lowest BCUT2D eigenvalue weighted by Gasteiger charge is -2.32. The highest BCUT2D eigenvalue weighted by atomic mass is 35.5. The Morgan fingerprint density at radius 3 is 2.56 bits per heavy atom. The van der Waals surface area contributed by atoms with Crippen LogP contribution in [0.5, 0.6) is 0 Å². The Bertz CT molecular complexity index is 740. The second-order valence-corrected chi connectivity index (χ2v) is 8.22. The van der Waals surface area contributed by atoms with E-state index in [-0.39, 0.29) is 23.5 Å². The Morgan fingerprint density at radius 2 is 1.92 bits per heavy atom. The van der Waals surface area contributed by atoms with E-state index in [4.69, 9.17) is 11.6 Å². The molecule has 8 nitrogen and oxygen atoms in total. The maximum atomic E-state index is 12.9. The van der Waals surface area contributed by atoms with Crippen LogP contribution < -0.4 is 5.32 Å². The first-order chi connectivity index (χ1) is 11.4. The van der Waals surface area contributed by atoms with E-state index < -0.39 is 25.5 Å². The standard InChI is InChI=1S/C14H19ClN4O4S.ClH/c15-12-2-1-3-13(19(20)21)14(12)24(22,23)18-7-4-11(10-18)17-8-5-16-6-9-17;/h1-3,11,16H,4-10H2;1H. The van der Waals surface area contributed by atoms with Crippen LogP contribution in [0.1, 0.15) is 6.42 Å². The van der Waals surface area contributed by atoms with Gasteiger partial charge < -0.3 is 5.32 Å². The Hall–Kier alpha value is -0.970. The lowest BCUT2D eigenvalue weighted by molar-refractivity contribution is -0.387. The Labute approximate surface area is 157 Å². The molecule has 1 N–H and O–H groups in total. The van der Waals surface area contributed by atoms with Gasteiger partial charge in [0.2, 0.25) is 0 Å². The van der Waals surface area contributed by atoms with Crippen LogP contribution in [0.4, 0.5) is 5.69 Å². The average Bonchev–Trinajstić information content (AvgIpc) is 3.06. The summed E-state index contributed by atoms with van der Waals surface area (Å²) in [6.07, 6.45) is 0.720. The summed E-state index contributed by atoms with van der Waals surface area (Å²) in [5, 5.41) is 14.3. The minimum absolute atomic E-state index is 0. The SMILES string of the molecule is Cl.O=[N+]([O-])c1cccc(Cl)c1S(=O)(=O)N1CCC(N2CCNCC2)C1. The predicted octanol–water partition coefficient (Wildman–Crippen LogP) is 1.34. The zero-order valence-corrected chi connectivity index (χ0v) is 15.8. The molecule has 0 bridgehead atoms. The number of sulfonamides is 1. The highest BCUT2D eigenvalue weighted by Gasteiger charge is 2.39. The van der Waals surface area contributed by atoms with E-state index in [0.29, 0.717) is 13.1 Å². The van der Waals surface area contributed by atoms with E-state index in [9.17, 15) is 18.5 Å². The summed E-state index contributed by atoms with van der Waals surface area (Å²) >= 11 is 5.99. The smallest absolute Gasteiger partial charge is 0.290 e. The van der Waals surface area contributed by atoms with Gasteiger partial charge in [-0.05, 0) is 12.5 Å². The van der Waals surface area contributed by atoms with Crippen molar-refractivity contribution >= 4 is 39.7 Å². The fourth-order valence-corrected chi connectivity index (χ4v) is 5.46. The Morgan fingerprint density at radius 1 is 1.24 bits per heavy atom. The number of piperazine rings is 1. The highest BCUT2D eigenvalue weighted by molar-refractivity contribution is 7.89. The highest BCUT2D eigenvalue weighted by Crippen LogP contribution is 2.34. The third-order valence-electron chi connectivity index (χ3n) is 4.53. The zero-order chi connectivity index (χ0) is 17.3. The molecule has 2 heterocycles. The number of nitrogens with zero attached hydrogens (tertiary/aromatic N) is 3. The third-order valence-corrected chi connectivity index (χ3v) is 6.92. The van der Waals surface area contributed by atoms with Gasteiger partial charge in [-0.1, -0.05) is 17.7 Å². The molecule has 1 aromatic rings. The first kappa shape index (κ1) is 20.3. The van der Waals surface area contributed by atoms with Gasteiger partial charge in [0.25, 0.3) is 15.7 Å². The van der Waals surface area contributed by atoms with Gasteiger partial charge in [-0.25, -0.2) is 8.42 Å². The first-order valence-corrected chi connectivity index (χ1v) is 9.61.